The summed E-state index contributed by atoms with van der Waals surface area (Å²) < 4.78 is 12.4. The van der Waals surface area contributed by atoms with Gasteiger partial charge in [-0.25, -0.2) is 9.78 Å². The van der Waals surface area contributed by atoms with Crippen LogP contribution < -0.4 is 16.1 Å². The molecule has 42 heavy (non-hydrogen) atoms. The molecule has 0 spiro atoms. The first-order chi connectivity index (χ1) is 19.9. The summed E-state index contributed by atoms with van der Waals surface area (Å²) in [5.74, 6) is 1.34. The van der Waals surface area contributed by atoms with Crippen LogP contribution in [0.1, 0.15) is 50.7 Å². The number of aromatic nitrogens is 4. The predicted molar refractivity (Wildman–Crippen MR) is 167 cm³/mol. The zero-order valence-corrected chi connectivity index (χ0v) is 23.8. The number of nitrogens with one attached hydrogen (secondary N) is 1. The second-order valence-corrected chi connectivity index (χ2v) is 10.2. The van der Waals surface area contributed by atoms with Crippen molar-refractivity contribution in [3.63, 3.8) is 0 Å². The number of aromatic amines is 1. The summed E-state index contributed by atoms with van der Waals surface area (Å²) in [6.45, 7) is 8.52. The molecule has 0 radical (unpaired) electrons. The Balaban J connectivity index is 0.00000405. The zero-order chi connectivity index (χ0) is 28.9. The number of H-pyrrole nitrogens is 1. The van der Waals surface area contributed by atoms with Crippen LogP contribution >= 0.6 is 0 Å². The molecule has 0 aliphatic rings. The quantitative estimate of drug-likeness (QED) is 0.208. The molecule has 8 nitrogen and oxygen atoms in total. The molecule has 2 aromatic heterocycles. The Hall–Kier alpha value is -3.08. The van der Waals surface area contributed by atoms with E-state index in [1.165, 1.54) is 0 Å². The van der Waals surface area contributed by atoms with Crippen LogP contribution in [0.4, 0.5) is 0 Å². The molecule has 0 aliphatic heterocycles. The third-order valence-corrected chi connectivity index (χ3v) is 7.19. The molecule has 5 rings (SSSR count). The van der Waals surface area contributed by atoms with Crippen molar-refractivity contribution in [2.45, 2.75) is 59.6 Å². The normalized spacial score (nSPS) is 11.6. The molecule has 0 aliphatic carbocycles. The molecule has 0 saturated carbocycles. The topological polar surface area (TPSA) is 103 Å². The summed E-state index contributed by atoms with van der Waals surface area (Å²) in [6, 6.07) is 23.4. The first-order valence-electron chi connectivity index (χ1n) is 14.0. The van der Waals surface area contributed by atoms with Crippen LogP contribution in [0, 0.1) is 6.92 Å². The molecule has 1 atom stereocenters. The van der Waals surface area contributed by atoms with E-state index in [9.17, 15) is 9.59 Å². The van der Waals surface area contributed by atoms with Gasteiger partial charge in [0.15, 0.2) is 5.82 Å². The number of hydrogen-bond donors (Lipinski definition) is 1. The van der Waals surface area contributed by atoms with Crippen molar-refractivity contribution < 1.29 is 9.26 Å². The second-order valence-electron chi connectivity index (χ2n) is 10.2. The van der Waals surface area contributed by atoms with E-state index in [2.05, 4.69) is 24.0 Å². The Kier molecular flexibility index (Phi) is 10.9. The SMILES string of the molecule is CCCc1nc(C)c(-c2ccc(OC(C)CC)cc2)c(=O)n1Cc1ccc(-c2ccccc2-c2noc(=O)[nH]2)cc1.[KH]. The standard InChI is InChI=1S/C33H34N4O4.K.H/c1-5-9-29-34-22(4)30(25-16-18-26(19-17-25)40-21(3)6-2)32(38)37(29)20-23-12-14-24(15-13-23)27-10-7-8-11-28(27)31-35-33(39)41-36-31;;/h7-8,10-19,21H,5-6,9,20H2,1-4H3,(H,35,36,39);;. The molecule has 0 saturated heterocycles. The molecule has 0 fully saturated rings. The first-order valence-corrected chi connectivity index (χ1v) is 14.0. The van der Waals surface area contributed by atoms with Crippen molar-refractivity contribution in [2.24, 2.45) is 0 Å². The number of hydrogen-bond acceptors (Lipinski definition) is 6. The van der Waals surface area contributed by atoms with Crippen LogP contribution in [-0.4, -0.2) is 77.2 Å². The van der Waals surface area contributed by atoms with E-state index in [1.54, 1.807) is 4.57 Å². The van der Waals surface area contributed by atoms with Crippen LogP contribution in [0.15, 0.2) is 86.9 Å². The van der Waals surface area contributed by atoms with Crippen molar-refractivity contribution in [1.29, 1.82) is 0 Å². The predicted octanol–water partition coefficient (Wildman–Crippen LogP) is 5.76. The second kappa shape index (κ2) is 14.4. The van der Waals surface area contributed by atoms with Crippen molar-refractivity contribution in [2.75, 3.05) is 0 Å². The van der Waals surface area contributed by atoms with Gasteiger partial charge in [0, 0.05) is 12.0 Å². The van der Waals surface area contributed by atoms with Gasteiger partial charge in [-0.15, -0.1) is 0 Å². The van der Waals surface area contributed by atoms with Crippen LogP contribution in [0.2, 0.25) is 0 Å². The zero-order valence-electron chi connectivity index (χ0n) is 23.8. The number of aryl methyl sites for hydroxylation is 2. The van der Waals surface area contributed by atoms with E-state index < -0.39 is 5.76 Å². The summed E-state index contributed by atoms with van der Waals surface area (Å²) in [5.41, 5.74) is 5.71. The molecule has 5 aromatic rings. The third-order valence-electron chi connectivity index (χ3n) is 7.19. The van der Waals surface area contributed by atoms with Crippen molar-refractivity contribution >= 4 is 51.4 Å². The summed E-state index contributed by atoms with van der Waals surface area (Å²) in [4.78, 5) is 32.9. The molecule has 9 heteroatoms. The Labute approximate surface area is 287 Å². The maximum absolute atomic E-state index is 13.9. The van der Waals surface area contributed by atoms with Crippen molar-refractivity contribution in [3.8, 4) is 39.4 Å². The van der Waals surface area contributed by atoms with E-state index >= 15 is 0 Å². The van der Waals surface area contributed by atoms with Gasteiger partial charge in [-0.2, -0.15) is 0 Å². The molecular weight excluding hydrogens is 555 g/mol. The van der Waals surface area contributed by atoms with E-state index in [1.807, 2.05) is 86.6 Å². The maximum atomic E-state index is 13.9. The Bertz CT molecular complexity index is 1760. The van der Waals surface area contributed by atoms with Crippen LogP contribution in [0.5, 0.6) is 5.75 Å². The van der Waals surface area contributed by atoms with Gasteiger partial charge in [0.2, 0.25) is 0 Å². The summed E-state index contributed by atoms with van der Waals surface area (Å²) in [5, 5.41) is 3.85. The number of benzene rings is 3. The van der Waals surface area contributed by atoms with E-state index in [4.69, 9.17) is 14.2 Å². The Morgan fingerprint density at radius 2 is 1.60 bits per heavy atom. The van der Waals surface area contributed by atoms with Gasteiger partial charge in [0.1, 0.15) is 11.6 Å². The number of ether oxygens (including phenoxy) is 1. The summed E-state index contributed by atoms with van der Waals surface area (Å²) >= 11 is 0. The van der Waals surface area contributed by atoms with Gasteiger partial charge >= 0.3 is 57.1 Å². The molecule has 3 aromatic carbocycles. The molecule has 2 heterocycles. The van der Waals surface area contributed by atoms with Gasteiger partial charge < -0.3 is 4.74 Å². The van der Waals surface area contributed by atoms with Crippen LogP contribution in [0.3, 0.4) is 0 Å². The van der Waals surface area contributed by atoms with E-state index in [-0.39, 0.29) is 63.0 Å². The van der Waals surface area contributed by atoms with Gasteiger partial charge in [-0.05, 0) is 61.1 Å². The molecule has 0 amide bonds. The molecular formula is C33H35KN4O4. The van der Waals surface area contributed by atoms with E-state index in [0.29, 0.717) is 24.4 Å². The van der Waals surface area contributed by atoms with Gasteiger partial charge in [-0.3, -0.25) is 18.9 Å². The van der Waals surface area contributed by atoms with E-state index in [0.717, 1.165) is 57.9 Å². The number of nitrogens with zero attached hydrogens (tertiary/aromatic N) is 3. The fourth-order valence-electron chi connectivity index (χ4n) is 4.90. The van der Waals surface area contributed by atoms with Crippen molar-refractivity contribution in [1.82, 2.24) is 19.7 Å². The van der Waals surface area contributed by atoms with Gasteiger partial charge in [-0.1, -0.05) is 79.7 Å². The molecule has 0 bridgehead atoms. The summed E-state index contributed by atoms with van der Waals surface area (Å²) in [6.07, 6.45) is 2.64. The van der Waals surface area contributed by atoms with Gasteiger partial charge in [0.25, 0.3) is 5.56 Å². The minimum atomic E-state index is -0.597. The van der Waals surface area contributed by atoms with Gasteiger partial charge in [0.05, 0.1) is 23.9 Å². The first kappa shape index (κ1) is 31.8. The Morgan fingerprint density at radius 1 is 0.929 bits per heavy atom. The summed E-state index contributed by atoms with van der Waals surface area (Å²) in [7, 11) is 0. The average molecular weight is 591 g/mol. The fourth-order valence-corrected chi connectivity index (χ4v) is 4.90. The monoisotopic (exact) mass is 590 g/mol. The Morgan fingerprint density at radius 3 is 2.21 bits per heavy atom. The van der Waals surface area contributed by atoms with Crippen molar-refractivity contribution in [3.05, 3.63) is 111 Å². The number of rotatable bonds is 10. The molecule has 1 unspecified atom stereocenters. The minimum absolute atomic E-state index is 0. The average Bonchev–Trinajstić information content (AvgIpc) is 3.42. The molecule has 212 valence electrons. The van der Waals surface area contributed by atoms with Crippen LogP contribution in [-0.2, 0) is 13.0 Å². The fraction of sp³-hybridized carbons (Fsp3) is 0.273. The third kappa shape index (κ3) is 7.10. The van der Waals surface area contributed by atoms with Crippen LogP contribution in [0.25, 0.3) is 33.6 Å². The molecule has 1 N–H and O–H groups in total.